The average Bonchev–Trinajstić information content (AvgIpc) is 1.37. The Morgan fingerprint density at radius 2 is 2.00 bits per heavy atom. The maximum Gasteiger partial charge on any atom is 0.207 e. The van der Waals surface area contributed by atoms with E-state index in [0.29, 0.717) is 0 Å². The van der Waals surface area contributed by atoms with E-state index in [0.717, 1.165) is 0 Å². The predicted octanol–water partition coefficient (Wildman–Crippen LogP) is -2.30. The van der Waals surface area contributed by atoms with Crippen molar-refractivity contribution in [3.05, 3.63) is 0 Å². The van der Waals surface area contributed by atoms with E-state index in [-0.39, 0.29) is 20.3 Å². The zero-order valence-corrected chi connectivity index (χ0v) is 3.76. The molecule has 0 saturated carbocycles. The van der Waals surface area contributed by atoms with Gasteiger partial charge in [-0.2, -0.15) is 0 Å². The Hall–Kier alpha value is 0.104. The van der Waals surface area contributed by atoms with Crippen molar-refractivity contribution < 1.29 is 4.80 Å². The van der Waals surface area contributed by atoms with Crippen molar-refractivity contribution in [1.29, 1.82) is 0 Å². The summed E-state index contributed by atoms with van der Waals surface area (Å²) >= 11 is 0. The Morgan fingerprint density at radius 3 is 2.00 bits per heavy atom. The van der Waals surface area contributed by atoms with E-state index in [9.17, 15) is 0 Å². The van der Waals surface area contributed by atoms with E-state index in [2.05, 4.69) is 0 Å². The van der Waals surface area contributed by atoms with Crippen LogP contribution in [0.5, 0.6) is 0 Å². The zero-order valence-electron chi connectivity index (χ0n) is 2.60. The summed E-state index contributed by atoms with van der Waals surface area (Å²) in [5.41, 5.74) is 1.76. The molecule has 0 fully saturated rings. The highest BCUT2D eigenvalue weighted by Gasteiger charge is 1.38. The van der Waals surface area contributed by atoms with Crippen LogP contribution in [0.25, 0.3) is 0 Å². The van der Waals surface area contributed by atoms with Gasteiger partial charge in [0, 0.05) is 0 Å². The lowest BCUT2D eigenvalue weighted by Crippen LogP contribution is -1.68. The molecule has 5 heavy (non-hydrogen) atoms. The van der Waals surface area contributed by atoms with Crippen LogP contribution in [0.2, 0.25) is 0 Å². The van der Waals surface area contributed by atoms with Crippen molar-refractivity contribution >= 4 is 26.0 Å². The molecule has 0 spiro atoms. The zero-order chi connectivity index (χ0) is 3.41. The molecule has 0 aromatic carbocycles. The van der Waals surface area contributed by atoms with Crippen molar-refractivity contribution in [2.24, 2.45) is 0 Å². The summed E-state index contributed by atoms with van der Waals surface area (Å²) in [5.74, 6) is 0. The van der Waals surface area contributed by atoms with Gasteiger partial charge in [0.25, 0.3) is 0 Å². The molecule has 0 aliphatic carbocycles. The van der Waals surface area contributed by atoms with Gasteiger partial charge in [0.15, 0.2) is 0 Å². The molecule has 0 unspecified atom stereocenters. The molecule has 0 rings (SSSR count). The average molecular weight is 106 g/mol. The van der Waals surface area contributed by atoms with E-state index < -0.39 is 0 Å². The number of hydrogen-bond donors (Lipinski definition) is 1. The third-order valence-corrected chi connectivity index (χ3v) is 0.447. The van der Waals surface area contributed by atoms with Gasteiger partial charge in [-0.15, -0.1) is 0 Å². The first kappa shape index (κ1) is 8.92. The third kappa shape index (κ3) is 14.9. The van der Waals surface area contributed by atoms with Crippen LogP contribution in [-0.2, 0) is 0 Å². The van der Waals surface area contributed by atoms with Gasteiger partial charge in [-0.25, -0.2) is 0 Å². The second kappa shape index (κ2) is 8.93. The van der Waals surface area contributed by atoms with E-state index in [1.807, 2.05) is 6.92 Å². The second-order valence-electron chi connectivity index (χ2n) is 0.482. The van der Waals surface area contributed by atoms with Gasteiger partial charge in [-0.1, -0.05) is 5.67 Å². The van der Waals surface area contributed by atoms with E-state index in [4.69, 9.17) is 4.80 Å². The van der Waals surface area contributed by atoms with Crippen LogP contribution in [0.15, 0.2) is 0 Å². The summed E-state index contributed by atoms with van der Waals surface area (Å²) in [6.45, 7) is 1.84. The molecule has 32 valence electrons. The van der Waals surface area contributed by atoms with E-state index in [1.54, 1.807) is 5.67 Å². The lowest BCUT2D eigenvalue weighted by Gasteiger charge is -1.51. The van der Waals surface area contributed by atoms with Gasteiger partial charge in [0.2, 0.25) is 9.38 Å². The predicted molar refractivity (Wildman–Crippen MR) is 32.4 cm³/mol. The standard InChI is InChI=1S/C2H6OSi.H4Si/c1-2-4-3;/h2-4H,1H3;1H4. The smallest absolute Gasteiger partial charge is 0.207 e. The Kier molecular flexibility index (Phi) is 15.9. The molecule has 0 heterocycles. The third-order valence-electron chi connectivity index (χ3n) is 0.149. The molecule has 0 aliphatic rings. The molecule has 3 heteroatoms. The normalized spacial score (nSPS) is 7.40. The van der Waals surface area contributed by atoms with Crippen LogP contribution >= 0.6 is 0 Å². The van der Waals surface area contributed by atoms with Crippen LogP contribution in [0, 0.1) is 0 Å². The SMILES string of the molecule is CC=[SiH]O.[SiH4]. The fourth-order valence-electron chi connectivity index (χ4n) is 0. The fourth-order valence-corrected chi connectivity index (χ4v) is 0. The van der Waals surface area contributed by atoms with Crippen molar-refractivity contribution in [3.8, 4) is 0 Å². The highest BCUT2D eigenvalue weighted by Crippen LogP contribution is 1.21. The molecule has 0 aromatic heterocycles. The van der Waals surface area contributed by atoms with Gasteiger partial charge >= 0.3 is 0 Å². The lowest BCUT2D eigenvalue weighted by atomic mass is 11.0. The summed E-state index contributed by atoms with van der Waals surface area (Å²) in [6.07, 6.45) is 0. The van der Waals surface area contributed by atoms with Gasteiger partial charge in [0.1, 0.15) is 0 Å². The minimum absolute atomic E-state index is 0. The Labute approximate surface area is 38.6 Å². The second-order valence-corrected chi connectivity index (χ2v) is 1.45. The van der Waals surface area contributed by atoms with Crippen LogP contribution in [0.4, 0.5) is 0 Å². The largest absolute Gasteiger partial charge is 0.568 e. The maximum atomic E-state index is 7.90. The Bertz CT molecular complexity index is 22.8. The Morgan fingerprint density at radius 1 is 1.80 bits per heavy atom. The lowest BCUT2D eigenvalue weighted by molar-refractivity contribution is 0.624. The summed E-state index contributed by atoms with van der Waals surface area (Å²) in [6, 6.07) is 0. The molecule has 0 amide bonds. The molecule has 0 bridgehead atoms. The van der Waals surface area contributed by atoms with Crippen molar-refractivity contribution in [3.63, 3.8) is 0 Å². The molecular weight excluding hydrogens is 96.2 g/mol. The van der Waals surface area contributed by atoms with Gasteiger partial charge in [-0.05, 0) is 17.9 Å². The molecule has 0 aliphatic heterocycles. The Balaban J connectivity index is 0. The highest BCUT2D eigenvalue weighted by atomic mass is 28.2. The molecule has 0 aromatic rings. The molecule has 0 saturated heterocycles. The van der Waals surface area contributed by atoms with Crippen LogP contribution in [-0.4, -0.2) is 30.8 Å². The number of hydrogen-bond acceptors (Lipinski definition) is 1. The summed E-state index contributed by atoms with van der Waals surface area (Å²) < 4.78 is 0. The number of rotatable bonds is 0. The topological polar surface area (TPSA) is 20.2 Å². The van der Waals surface area contributed by atoms with Gasteiger partial charge in [0.05, 0.1) is 0 Å². The van der Waals surface area contributed by atoms with Crippen LogP contribution in [0.3, 0.4) is 0 Å². The van der Waals surface area contributed by atoms with E-state index in [1.165, 1.54) is 0 Å². The van der Waals surface area contributed by atoms with Gasteiger partial charge in [-0.3, -0.25) is 0 Å². The summed E-state index contributed by atoms with van der Waals surface area (Å²) in [4.78, 5) is 7.90. The minimum atomic E-state index is -0.343. The molecule has 1 nitrogen and oxygen atoms in total. The monoisotopic (exact) mass is 106 g/mol. The van der Waals surface area contributed by atoms with Gasteiger partial charge < -0.3 is 4.80 Å². The van der Waals surface area contributed by atoms with Crippen LogP contribution < -0.4 is 0 Å². The maximum absolute atomic E-state index is 7.90. The van der Waals surface area contributed by atoms with Crippen molar-refractivity contribution in [1.82, 2.24) is 0 Å². The van der Waals surface area contributed by atoms with Crippen molar-refractivity contribution in [2.45, 2.75) is 6.92 Å². The first-order valence-electron chi connectivity index (χ1n) is 1.17. The minimum Gasteiger partial charge on any atom is -0.568 e. The van der Waals surface area contributed by atoms with Crippen molar-refractivity contribution in [2.75, 3.05) is 0 Å². The molecule has 1 N–H and O–H groups in total. The van der Waals surface area contributed by atoms with E-state index >= 15 is 0 Å². The summed E-state index contributed by atoms with van der Waals surface area (Å²) in [7, 11) is -0.343. The quantitative estimate of drug-likeness (QED) is 0.344. The first-order chi connectivity index (χ1) is 1.91. The molecular formula is C2H10OSi2. The molecule has 0 atom stereocenters. The fraction of sp³-hybridized carbons (Fsp3) is 0.500. The summed E-state index contributed by atoms with van der Waals surface area (Å²) in [5, 5.41) is 0. The molecule has 0 radical (unpaired) electrons. The van der Waals surface area contributed by atoms with Crippen LogP contribution in [0.1, 0.15) is 6.92 Å². The first-order valence-corrected chi connectivity index (χ1v) is 2.35. The highest BCUT2D eigenvalue weighted by molar-refractivity contribution is 6.38.